The van der Waals surface area contributed by atoms with Gasteiger partial charge in [-0.05, 0) is 12.1 Å². The van der Waals surface area contributed by atoms with Crippen molar-refractivity contribution in [3.63, 3.8) is 0 Å². The van der Waals surface area contributed by atoms with Crippen LogP contribution in [0.25, 0.3) is 0 Å². The second-order valence-corrected chi connectivity index (χ2v) is 5.12. The maximum atomic E-state index is 11.3. The maximum absolute atomic E-state index is 11.3. The van der Waals surface area contributed by atoms with Crippen LogP contribution >= 0.6 is 0 Å². The van der Waals surface area contributed by atoms with E-state index < -0.39 is 9.84 Å². The highest BCUT2D eigenvalue weighted by Gasteiger charge is 2.08. The highest BCUT2D eigenvalue weighted by atomic mass is 32.2. The van der Waals surface area contributed by atoms with Gasteiger partial charge in [-0.25, -0.2) is 8.42 Å². The third-order valence-corrected chi connectivity index (χ3v) is 2.52. The molecule has 0 amide bonds. The van der Waals surface area contributed by atoms with Crippen molar-refractivity contribution in [1.29, 1.82) is 0 Å². The molecule has 72 valence electrons. The van der Waals surface area contributed by atoms with E-state index in [1.54, 1.807) is 24.5 Å². The molecule has 0 spiro atoms. The van der Waals surface area contributed by atoms with E-state index in [1.165, 1.54) is 4.57 Å². The lowest BCUT2D eigenvalue weighted by Crippen LogP contribution is -2.14. The summed E-state index contributed by atoms with van der Waals surface area (Å²) < 4.78 is 22.9. The number of rotatable bonds is 3. The molecule has 4 nitrogen and oxygen atoms in total. The molecule has 1 aromatic rings. The molecule has 0 unspecified atom stereocenters. The first-order valence-electron chi connectivity index (χ1n) is 3.83. The van der Waals surface area contributed by atoms with Gasteiger partial charge in [0.05, 0.1) is 5.75 Å². The third kappa shape index (κ3) is 3.42. The van der Waals surface area contributed by atoms with Crippen molar-refractivity contribution in [2.45, 2.75) is 6.42 Å². The number of sulfone groups is 1. The van der Waals surface area contributed by atoms with Crippen molar-refractivity contribution in [3.05, 3.63) is 24.5 Å². The molecule has 0 aliphatic heterocycles. The molecule has 0 aliphatic rings. The Labute approximate surface area is 77.1 Å². The summed E-state index contributed by atoms with van der Waals surface area (Å²) >= 11 is 0. The summed E-state index contributed by atoms with van der Waals surface area (Å²) in [5.74, 6) is -0.292. The van der Waals surface area contributed by atoms with Gasteiger partial charge in [0.1, 0.15) is 9.84 Å². The Morgan fingerprint density at radius 1 is 1.31 bits per heavy atom. The lowest BCUT2D eigenvalue weighted by Gasteiger charge is -1.99. The van der Waals surface area contributed by atoms with Crippen molar-refractivity contribution in [2.75, 3.05) is 12.0 Å². The number of hydrogen-bond acceptors (Lipinski definition) is 3. The van der Waals surface area contributed by atoms with Crippen LogP contribution in [0.15, 0.2) is 24.5 Å². The molecule has 0 aromatic carbocycles. The van der Waals surface area contributed by atoms with Crippen LogP contribution in [0.3, 0.4) is 0 Å². The largest absolute Gasteiger partial charge is 0.295 e. The molecule has 0 saturated heterocycles. The SMILES string of the molecule is CS(=O)(=O)CCC(=O)n1cccc1. The highest BCUT2D eigenvalue weighted by Crippen LogP contribution is 1.96. The molecule has 1 aromatic heterocycles. The summed E-state index contributed by atoms with van der Waals surface area (Å²) in [5, 5.41) is 0. The minimum absolute atomic E-state index is 0.0352. The maximum Gasteiger partial charge on any atom is 0.231 e. The van der Waals surface area contributed by atoms with Gasteiger partial charge in [0.25, 0.3) is 0 Å². The standard InChI is InChI=1S/C8H11NO3S/c1-13(11,12)7-4-8(10)9-5-2-3-6-9/h2-3,5-6H,4,7H2,1H3. The summed E-state index contributed by atoms with van der Waals surface area (Å²) in [6, 6.07) is 3.44. The van der Waals surface area contributed by atoms with E-state index in [2.05, 4.69) is 0 Å². The van der Waals surface area contributed by atoms with Crippen molar-refractivity contribution in [3.8, 4) is 0 Å². The fraction of sp³-hybridized carbons (Fsp3) is 0.375. The summed E-state index contributed by atoms with van der Waals surface area (Å²) in [6.45, 7) is 0. The third-order valence-electron chi connectivity index (χ3n) is 1.58. The molecule has 13 heavy (non-hydrogen) atoms. The van der Waals surface area contributed by atoms with E-state index in [0.717, 1.165) is 6.26 Å². The van der Waals surface area contributed by atoms with Gasteiger partial charge < -0.3 is 0 Å². The van der Waals surface area contributed by atoms with Crippen LogP contribution in [0.5, 0.6) is 0 Å². The predicted molar refractivity (Wildman–Crippen MR) is 49.4 cm³/mol. The van der Waals surface area contributed by atoms with E-state index in [0.29, 0.717) is 0 Å². The van der Waals surface area contributed by atoms with E-state index in [-0.39, 0.29) is 18.1 Å². The minimum Gasteiger partial charge on any atom is -0.295 e. The predicted octanol–water partition coefficient (Wildman–Crippen LogP) is 0.563. The zero-order chi connectivity index (χ0) is 9.90. The monoisotopic (exact) mass is 201 g/mol. The van der Waals surface area contributed by atoms with Crippen molar-refractivity contribution in [2.24, 2.45) is 0 Å². The quantitative estimate of drug-likeness (QED) is 0.718. The second-order valence-electron chi connectivity index (χ2n) is 2.86. The van der Waals surface area contributed by atoms with Gasteiger partial charge in [-0.2, -0.15) is 0 Å². The first-order valence-corrected chi connectivity index (χ1v) is 5.89. The Morgan fingerprint density at radius 3 is 2.31 bits per heavy atom. The van der Waals surface area contributed by atoms with Gasteiger partial charge in [-0.3, -0.25) is 9.36 Å². The number of nitrogens with zero attached hydrogens (tertiary/aromatic N) is 1. The smallest absolute Gasteiger partial charge is 0.231 e. The first-order chi connectivity index (χ1) is 5.99. The summed E-state index contributed by atoms with van der Waals surface area (Å²) in [5.41, 5.74) is 0. The van der Waals surface area contributed by atoms with Crippen LogP contribution in [0, 0.1) is 0 Å². The molecule has 0 aliphatic carbocycles. The molecule has 1 rings (SSSR count). The molecule has 0 fully saturated rings. The summed E-state index contributed by atoms with van der Waals surface area (Å²) in [4.78, 5) is 11.3. The number of carbonyl (C=O) groups excluding carboxylic acids is 1. The molecule has 5 heteroatoms. The number of hydrogen-bond donors (Lipinski definition) is 0. The van der Waals surface area contributed by atoms with Crippen molar-refractivity contribution < 1.29 is 13.2 Å². The minimum atomic E-state index is -3.04. The Kier molecular flexibility index (Phi) is 2.87. The van der Waals surface area contributed by atoms with E-state index in [9.17, 15) is 13.2 Å². The van der Waals surface area contributed by atoms with Crippen LogP contribution in [-0.2, 0) is 9.84 Å². The van der Waals surface area contributed by atoms with Crippen molar-refractivity contribution >= 4 is 15.7 Å². The molecule has 0 radical (unpaired) electrons. The van der Waals surface area contributed by atoms with Crippen LogP contribution in [0.4, 0.5) is 0 Å². The average molecular weight is 201 g/mol. The van der Waals surface area contributed by atoms with Gasteiger partial charge in [0, 0.05) is 25.1 Å². The molecule has 0 N–H and O–H groups in total. The Balaban J connectivity index is 2.53. The Bertz CT molecular complexity index is 378. The average Bonchev–Trinajstić information content (AvgIpc) is 2.50. The fourth-order valence-corrected chi connectivity index (χ4v) is 1.45. The van der Waals surface area contributed by atoms with E-state index in [1.807, 2.05) is 0 Å². The summed E-state index contributed by atoms with van der Waals surface area (Å²) in [7, 11) is -3.04. The topological polar surface area (TPSA) is 56.1 Å². The normalized spacial score (nSPS) is 11.5. The Hall–Kier alpha value is -1.10. The molecular weight excluding hydrogens is 190 g/mol. The number of aromatic nitrogens is 1. The van der Waals surface area contributed by atoms with Crippen LogP contribution in [0.1, 0.15) is 11.2 Å². The van der Waals surface area contributed by atoms with Gasteiger partial charge in [0.15, 0.2) is 0 Å². The molecule has 0 bridgehead atoms. The zero-order valence-electron chi connectivity index (χ0n) is 7.30. The Morgan fingerprint density at radius 2 is 1.85 bits per heavy atom. The van der Waals surface area contributed by atoms with E-state index in [4.69, 9.17) is 0 Å². The molecular formula is C8H11NO3S. The summed E-state index contributed by atoms with van der Waals surface area (Å²) in [6.07, 6.45) is 4.36. The van der Waals surface area contributed by atoms with Gasteiger partial charge >= 0.3 is 0 Å². The van der Waals surface area contributed by atoms with E-state index >= 15 is 0 Å². The fourth-order valence-electron chi connectivity index (χ4n) is 0.903. The van der Waals surface area contributed by atoms with Gasteiger partial charge in [0.2, 0.25) is 5.91 Å². The number of carbonyl (C=O) groups is 1. The van der Waals surface area contributed by atoms with Crippen LogP contribution in [0.2, 0.25) is 0 Å². The zero-order valence-corrected chi connectivity index (χ0v) is 8.12. The van der Waals surface area contributed by atoms with Crippen LogP contribution < -0.4 is 0 Å². The molecule has 0 saturated carbocycles. The molecule has 1 heterocycles. The molecule has 0 atom stereocenters. The lowest BCUT2D eigenvalue weighted by atomic mass is 10.4. The lowest BCUT2D eigenvalue weighted by molar-refractivity contribution is 0.0910. The second kappa shape index (κ2) is 3.74. The van der Waals surface area contributed by atoms with Crippen molar-refractivity contribution in [1.82, 2.24) is 4.57 Å². The highest BCUT2D eigenvalue weighted by molar-refractivity contribution is 7.90. The first kappa shape index (κ1) is 9.98. The van der Waals surface area contributed by atoms with Gasteiger partial charge in [-0.1, -0.05) is 0 Å². The van der Waals surface area contributed by atoms with Crippen LogP contribution in [-0.4, -0.2) is 30.9 Å². The van der Waals surface area contributed by atoms with Gasteiger partial charge in [-0.15, -0.1) is 0 Å².